The van der Waals surface area contributed by atoms with Gasteiger partial charge in [-0.15, -0.1) is 0 Å². The Morgan fingerprint density at radius 2 is 2.10 bits per heavy atom. The molecule has 5 heteroatoms. The number of ether oxygens (including phenoxy) is 2. The Labute approximate surface area is 118 Å². The van der Waals surface area contributed by atoms with Gasteiger partial charge in [-0.25, -0.2) is 4.98 Å². The first-order chi connectivity index (χ1) is 9.72. The number of aromatic amines is 1. The largest absolute Gasteiger partial charge is 0.490 e. The molecular formula is C15H19N3O2. The van der Waals surface area contributed by atoms with Crippen molar-refractivity contribution in [2.45, 2.75) is 25.8 Å². The Morgan fingerprint density at radius 1 is 1.30 bits per heavy atom. The molecular weight excluding hydrogens is 254 g/mol. The minimum absolute atomic E-state index is 0.0952. The van der Waals surface area contributed by atoms with Crippen molar-refractivity contribution in [3.63, 3.8) is 0 Å². The summed E-state index contributed by atoms with van der Waals surface area (Å²) in [5, 5.41) is 0. The van der Waals surface area contributed by atoms with Gasteiger partial charge in [-0.3, -0.25) is 0 Å². The third-order valence-corrected chi connectivity index (χ3v) is 3.20. The molecule has 0 saturated carbocycles. The maximum absolute atomic E-state index is 5.78. The van der Waals surface area contributed by atoms with Crippen LogP contribution in [-0.2, 0) is 6.42 Å². The highest BCUT2D eigenvalue weighted by Gasteiger charge is 2.12. The average molecular weight is 273 g/mol. The van der Waals surface area contributed by atoms with Gasteiger partial charge in [0.25, 0.3) is 0 Å². The van der Waals surface area contributed by atoms with Crippen LogP contribution in [0.4, 0.5) is 0 Å². The lowest BCUT2D eigenvalue weighted by molar-refractivity contribution is 0.297. The Kier molecular flexibility index (Phi) is 3.60. The second-order valence-corrected chi connectivity index (χ2v) is 5.14. The average Bonchev–Trinajstić information content (AvgIpc) is 2.74. The van der Waals surface area contributed by atoms with Crippen LogP contribution in [0.25, 0.3) is 11.3 Å². The summed E-state index contributed by atoms with van der Waals surface area (Å²) in [5.41, 5.74) is 7.79. The molecule has 0 spiro atoms. The molecule has 1 unspecified atom stereocenters. The standard InChI is InChI=1S/C15H19N3O2/c1-10(16)7-15-17-9-12(18-15)11-3-4-13-14(8-11)20-6-2-5-19-13/h3-4,8-10H,2,5-7,16H2,1H3,(H,17,18). The molecule has 3 N–H and O–H groups in total. The molecule has 0 fully saturated rings. The smallest absolute Gasteiger partial charge is 0.161 e. The summed E-state index contributed by atoms with van der Waals surface area (Å²) in [6, 6.07) is 6.04. The Hall–Kier alpha value is -2.01. The fraction of sp³-hybridized carbons (Fsp3) is 0.400. The van der Waals surface area contributed by atoms with E-state index in [0.29, 0.717) is 13.2 Å². The zero-order chi connectivity index (χ0) is 13.9. The van der Waals surface area contributed by atoms with E-state index in [1.54, 1.807) is 0 Å². The van der Waals surface area contributed by atoms with Crippen LogP contribution in [0, 0.1) is 0 Å². The number of fused-ring (bicyclic) bond motifs is 1. The van der Waals surface area contributed by atoms with Gasteiger partial charge in [0.05, 0.1) is 25.1 Å². The lowest BCUT2D eigenvalue weighted by atomic mass is 10.1. The van der Waals surface area contributed by atoms with Crippen LogP contribution in [0.1, 0.15) is 19.2 Å². The predicted molar refractivity (Wildman–Crippen MR) is 77.0 cm³/mol. The van der Waals surface area contributed by atoms with Crippen LogP contribution in [0.2, 0.25) is 0 Å². The van der Waals surface area contributed by atoms with E-state index in [4.69, 9.17) is 15.2 Å². The van der Waals surface area contributed by atoms with E-state index in [2.05, 4.69) is 9.97 Å². The Morgan fingerprint density at radius 3 is 2.90 bits per heavy atom. The monoisotopic (exact) mass is 273 g/mol. The van der Waals surface area contributed by atoms with Gasteiger partial charge in [0.15, 0.2) is 11.5 Å². The molecule has 0 aliphatic carbocycles. The molecule has 1 aliphatic rings. The van der Waals surface area contributed by atoms with Gasteiger partial charge in [-0.1, -0.05) is 0 Å². The molecule has 1 atom stereocenters. The summed E-state index contributed by atoms with van der Waals surface area (Å²) < 4.78 is 11.3. The van der Waals surface area contributed by atoms with Gasteiger partial charge in [0, 0.05) is 24.4 Å². The first-order valence-electron chi connectivity index (χ1n) is 6.92. The van der Waals surface area contributed by atoms with Gasteiger partial charge < -0.3 is 20.2 Å². The molecule has 1 aromatic carbocycles. The minimum atomic E-state index is 0.0952. The summed E-state index contributed by atoms with van der Waals surface area (Å²) in [6.45, 7) is 3.36. The lowest BCUT2D eigenvalue weighted by Gasteiger charge is -2.08. The van der Waals surface area contributed by atoms with Crippen molar-refractivity contribution >= 4 is 0 Å². The number of hydrogen-bond acceptors (Lipinski definition) is 4. The summed E-state index contributed by atoms with van der Waals surface area (Å²) in [7, 11) is 0. The second-order valence-electron chi connectivity index (χ2n) is 5.14. The highest BCUT2D eigenvalue weighted by atomic mass is 16.5. The van der Waals surface area contributed by atoms with Crippen LogP contribution in [0.3, 0.4) is 0 Å². The van der Waals surface area contributed by atoms with Crippen LogP contribution in [0.15, 0.2) is 24.4 Å². The molecule has 0 radical (unpaired) electrons. The highest BCUT2D eigenvalue weighted by molar-refractivity contribution is 5.63. The number of H-pyrrole nitrogens is 1. The maximum Gasteiger partial charge on any atom is 0.161 e. The molecule has 0 saturated heterocycles. The number of nitrogens with zero attached hydrogens (tertiary/aromatic N) is 1. The summed E-state index contributed by atoms with van der Waals surface area (Å²) in [5.74, 6) is 2.51. The SMILES string of the molecule is CC(N)Cc1ncc(-c2ccc3c(c2)OCCCO3)[nH]1. The number of nitrogens with two attached hydrogens (primary N) is 1. The molecule has 5 nitrogen and oxygen atoms in total. The molecule has 0 bridgehead atoms. The number of hydrogen-bond donors (Lipinski definition) is 2. The van der Waals surface area contributed by atoms with Crippen molar-refractivity contribution in [1.29, 1.82) is 0 Å². The van der Waals surface area contributed by atoms with Crippen molar-refractivity contribution in [2.75, 3.05) is 13.2 Å². The van der Waals surface area contributed by atoms with E-state index < -0.39 is 0 Å². The fourth-order valence-corrected chi connectivity index (χ4v) is 2.25. The number of aromatic nitrogens is 2. The molecule has 106 valence electrons. The van der Waals surface area contributed by atoms with E-state index in [0.717, 1.165) is 41.4 Å². The highest BCUT2D eigenvalue weighted by Crippen LogP contribution is 2.33. The van der Waals surface area contributed by atoms with Gasteiger partial charge in [0.1, 0.15) is 5.82 Å². The van der Waals surface area contributed by atoms with Crippen molar-refractivity contribution in [2.24, 2.45) is 5.73 Å². The summed E-state index contributed by atoms with van der Waals surface area (Å²) in [4.78, 5) is 7.65. The number of imidazole rings is 1. The van der Waals surface area contributed by atoms with Crippen molar-refractivity contribution in [3.8, 4) is 22.8 Å². The zero-order valence-electron chi connectivity index (χ0n) is 11.6. The maximum atomic E-state index is 5.78. The molecule has 2 aromatic rings. The fourth-order valence-electron chi connectivity index (χ4n) is 2.25. The Bertz CT molecular complexity index is 593. The number of rotatable bonds is 3. The molecule has 20 heavy (non-hydrogen) atoms. The van der Waals surface area contributed by atoms with E-state index in [1.807, 2.05) is 31.3 Å². The van der Waals surface area contributed by atoms with Gasteiger partial charge >= 0.3 is 0 Å². The van der Waals surface area contributed by atoms with Gasteiger partial charge in [-0.05, 0) is 25.1 Å². The normalized spacial score (nSPS) is 15.7. The van der Waals surface area contributed by atoms with Crippen molar-refractivity contribution in [1.82, 2.24) is 9.97 Å². The topological polar surface area (TPSA) is 73.2 Å². The summed E-state index contributed by atoms with van der Waals surface area (Å²) >= 11 is 0. The quantitative estimate of drug-likeness (QED) is 0.898. The molecule has 1 aromatic heterocycles. The second kappa shape index (κ2) is 5.54. The first-order valence-corrected chi connectivity index (χ1v) is 6.92. The van der Waals surface area contributed by atoms with Crippen molar-refractivity contribution in [3.05, 3.63) is 30.2 Å². The van der Waals surface area contributed by atoms with Gasteiger partial charge in [0.2, 0.25) is 0 Å². The van der Waals surface area contributed by atoms with Crippen molar-refractivity contribution < 1.29 is 9.47 Å². The van der Waals surface area contributed by atoms with Gasteiger partial charge in [-0.2, -0.15) is 0 Å². The van der Waals surface area contributed by atoms with Crippen LogP contribution in [0.5, 0.6) is 11.5 Å². The third kappa shape index (κ3) is 2.77. The zero-order valence-corrected chi connectivity index (χ0v) is 11.6. The molecule has 1 aliphatic heterocycles. The lowest BCUT2D eigenvalue weighted by Crippen LogP contribution is -2.18. The summed E-state index contributed by atoms with van der Waals surface area (Å²) in [6.07, 6.45) is 3.48. The van der Waals surface area contributed by atoms with Crippen LogP contribution < -0.4 is 15.2 Å². The van der Waals surface area contributed by atoms with E-state index in [1.165, 1.54) is 0 Å². The minimum Gasteiger partial charge on any atom is -0.490 e. The van der Waals surface area contributed by atoms with Crippen LogP contribution >= 0.6 is 0 Å². The molecule has 3 rings (SSSR count). The Balaban J connectivity index is 1.86. The third-order valence-electron chi connectivity index (χ3n) is 3.20. The van der Waals surface area contributed by atoms with E-state index >= 15 is 0 Å². The molecule has 2 heterocycles. The number of nitrogens with one attached hydrogen (secondary N) is 1. The van der Waals surface area contributed by atoms with E-state index in [-0.39, 0.29) is 6.04 Å². The predicted octanol–water partition coefficient (Wildman–Crippen LogP) is 2.13. The van der Waals surface area contributed by atoms with E-state index in [9.17, 15) is 0 Å². The molecule has 0 amide bonds. The van der Waals surface area contributed by atoms with Crippen LogP contribution in [-0.4, -0.2) is 29.2 Å². The first kappa shape index (κ1) is 13.0. The number of benzene rings is 1.